The summed E-state index contributed by atoms with van der Waals surface area (Å²) >= 11 is 0. The third kappa shape index (κ3) is 0.996. The van der Waals surface area contributed by atoms with E-state index in [-0.39, 0.29) is 0 Å². The fourth-order valence-electron chi connectivity index (χ4n) is 1.31. The van der Waals surface area contributed by atoms with Gasteiger partial charge in [-0.05, 0) is 17.5 Å². The van der Waals surface area contributed by atoms with Crippen LogP contribution < -0.4 is 0 Å². The molecule has 0 saturated heterocycles. The van der Waals surface area contributed by atoms with Crippen molar-refractivity contribution < 1.29 is 0 Å². The molecule has 0 amide bonds. The van der Waals surface area contributed by atoms with Crippen LogP contribution in [-0.4, -0.2) is 4.98 Å². The summed E-state index contributed by atoms with van der Waals surface area (Å²) in [5, 5.41) is 2.37. The molecule has 0 saturated carbocycles. The SMILES string of the molecule is C=Cc1nccc2ccccc12. The van der Waals surface area contributed by atoms with Crippen molar-refractivity contribution in [1.82, 2.24) is 4.98 Å². The van der Waals surface area contributed by atoms with Crippen LogP contribution in [0.15, 0.2) is 43.1 Å². The van der Waals surface area contributed by atoms with E-state index in [9.17, 15) is 0 Å². The Kier molecular flexibility index (Phi) is 1.63. The van der Waals surface area contributed by atoms with Crippen LogP contribution in [0.2, 0.25) is 0 Å². The van der Waals surface area contributed by atoms with Gasteiger partial charge in [-0.15, -0.1) is 0 Å². The largest absolute Gasteiger partial charge is 0.256 e. The first kappa shape index (κ1) is 7.04. The molecule has 0 spiro atoms. The highest BCUT2D eigenvalue weighted by Crippen LogP contribution is 2.16. The zero-order chi connectivity index (χ0) is 8.39. The van der Waals surface area contributed by atoms with Gasteiger partial charge in [0.1, 0.15) is 0 Å². The van der Waals surface area contributed by atoms with Crippen molar-refractivity contribution in [3.63, 3.8) is 0 Å². The predicted octanol–water partition coefficient (Wildman–Crippen LogP) is 2.88. The van der Waals surface area contributed by atoms with Gasteiger partial charge >= 0.3 is 0 Å². The lowest BCUT2D eigenvalue weighted by Crippen LogP contribution is -1.81. The van der Waals surface area contributed by atoms with E-state index in [0.717, 1.165) is 11.1 Å². The molecule has 0 N–H and O–H groups in total. The molecule has 0 unspecified atom stereocenters. The molecule has 1 heterocycles. The Morgan fingerprint density at radius 1 is 1.17 bits per heavy atom. The molecular formula is C11H9N. The second kappa shape index (κ2) is 2.78. The molecule has 2 aromatic rings. The lowest BCUT2D eigenvalue weighted by atomic mass is 10.1. The number of nitrogens with zero attached hydrogens (tertiary/aromatic N) is 1. The lowest BCUT2D eigenvalue weighted by Gasteiger charge is -1.98. The molecule has 0 atom stereocenters. The molecule has 0 aliphatic rings. The summed E-state index contributed by atoms with van der Waals surface area (Å²) in [5.74, 6) is 0. The van der Waals surface area contributed by atoms with Gasteiger partial charge in [0, 0.05) is 11.6 Å². The third-order valence-electron chi connectivity index (χ3n) is 1.90. The van der Waals surface area contributed by atoms with Gasteiger partial charge in [0.2, 0.25) is 0 Å². The lowest BCUT2D eigenvalue weighted by molar-refractivity contribution is 1.33. The number of aromatic nitrogens is 1. The summed E-state index contributed by atoms with van der Waals surface area (Å²) in [6, 6.07) is 10.2. The van der Waals surface area contributed by atoms with Gasteiger partial charge in [0.25, 0.3) is 0 Å². The van der Waals surface area contributed by atoms with Crippen molar-refractivity contribution in [3.05, 3.63) is 48.8 Å². The smallest absolute Gasteiger partial charge is 0.0702 e. The average molecular weight is 155 g/mol. The van der Waals surface area contributed by atoms with Crippen LogP contribution in [0.25, 0.3) is 16.8 Å². The topological polar surface area (TPSA) is 12.9 Å². The maximum absolute atomic E-state index is 4.21. The maximum atomic E-state index is 4.21. The van der Waals surface area contributed by atoms with Gasteiger partial charge < -0.3 is 0 Å². The van der Waals surface area contributed by atoms with Crippen LogP contribution in [-0.2, 0) is 0 Å². The highest BCUT2D eigenvalue weighted by Gasteiger charge is 1.95. The summed E-state index contributed by atoms with van der Waals surface area (Å²) in [7, 11) is 0. The van der Waals surface area contributed by atoms with Crippen molar-refractivity contribution in [2.45, 2.75) is 0 Å². The monoisotopic (exact) mass is 155 g/mol. The molecule has 0 bridgehead atoms. The predicted molar refractivity (Wildman–Crippen MR) is 51.8 cm³/mol. The Morgan fingerprint density at radius 3 is 2.83 bits per heavy atom. The van der Waals surface area contributed by atoms with Gasteiger partial charge in [-0.1, -0.05) is 30.8 Å². The number of hydrogen-bond donors (Lipinski definition) is 0. The maximum Gasteiger partial charge on any atom is 0.0702 e. The molecule has 0 aliphatic heterocycles. The quantitative estimate of drug-likeness (QED) is 0.617. The van der Waals surface area contributed by atoms with Crippen LogP contribution in [0.4, 0.5) is 0 Å². The van der Waals surface area contributed by atoms with Crippen molar-refractivity contribution in [1.29, 1.82) is 0 Å². The van der Waals surface area contributed by atoms with Crippen molar-refractivity contribution in [2.75, 3.05) is 0 Å². The molecule has 2 rings (SSSR count). The van der Waals surface area contributed by atoms with Crippen molar-refractivity contribution in [2.24, 2.45) is 0 Å². The molecule has 1 aromatic heterocycles. The second-order valence-electron chi connectivity index (χ2n) is 2.62. The summed E-state index contributed by atoms with van der Waals surface area (Å²) in [5.41, 5.74) is 0.952. The number of rotatable bonds is 1. The van der Waals surface area contributed by atoms with Crippen LogP contribution >= 0.6 is 0 Å². The first-order chi connectivity index (χ1) is 5.92. The fraction of sp³-hybridized carbons (Fsp3) is 0. The average Bonchev–Trinajstić information content (AvgIpc) is 2.17. The van der Waals surface area contributed by atoms with Crippen LogP contribution in [0.1, 0.15) is 5.69 Å². The molecule has 1 heteroatoms. The highest BCUT2D eigenvalue weighted by atomic mass is 14.7. The number of fused-ring (bicyclic) bond motifs is 1. The Labute approximate surface area is 71.4 Å². The third-order valence-corrected chi connectivity index (χ3v) is 1.90. The molecular weight excluding hydrogens is 146 g/mol. The van der Waals surface area contributed by atoms with Crippen molar-refractivity contribution >= 4 is 16.8 Å². The molecule has 1 aromatic carbocycles. The van der Waals surface area contributed by atoms with E-state index in [1.807, 2.05) is 18.2 Å². The molecule has 58 valence electrons. The molecule has 0 radical (unpaired) electrons. The standard InChI is InChI=1S/C11H9N/c1-2-11-10-6-4-3-5-9(10)7-8-12-11/h2-8H,1H2. The number of benzene rings is 1. The van der Waals surface area contributed by atoms with Gasteiger partial charge in [-0.25, -0.2) is 0 Å². The Hall–Kier alpha value is -1.63. The molecule has 0 aliphatic carbocycles. The second-order valence-corrected chi connectivity index (χ2v) is 2.62. The number of hydrogen-bond acceptors (Lipinski definition) is 1. The Balaban J connectivity index is 2.88. The van der Waals surface area contributed by atoms with Crippen LogP contribution in [0, 0.1) is 0 Å². The molecule has 12 heavy (non-hydrogen) atoms. The van der Waals surface area contributed by atoms with E-state index in [1.165, 1.54) is 5.39 Å². The minimum absolute atomic E-state index is 0.952. The highest BCUT2D eigenvalue weighted by molar-refractivity contribution is 5.88. The van der Waals surface area contributed by atoms with Crippen LogP contribution in [0.5, 0.6) is 0 Å². The normalized spacial score (nSPS) is 10.0. The van der Waals surface area contributed by atoms with Crippen molar-refractivity contribution in [3.8, 4) is 0 Å². The molecule has 0 fully saturated rings. The van der Waals surface area contributed by atoms with E-state index in [0.29, 0.717) is 0 Å². The summed E-state index contributed by atoms with van der Waals surface area (Å²) < 4.78 is 0. The first-order valence-electron chi connectivity index (χ1n) is 3.88. The summed E-state index contributed by atoms with van der Waals surface area (Å²) in [4.78, 5) is 4.21. The zero-order valence-electron chi connectivity index (χ0n) is 6.70. The first-order valence-corrected chi connectivity index (χ1v) is 3.88. The van der Waals surface area contributed by atoms with E-state index in [2.05, 4.69) is 23.7 Å². The van der Waals surface area contributed by atoms with E-state index >= 15 is 0 Å². The van der Waals surface area contributed by atoms with Crippen LogP contribution in [0.3, 0.4) is 0 Å². The Bertz CT molecular complexity index is 413. The Morgan fingerprint density at radius 2 is 2.00 bits per heavy atom. The minimum atomic E-state index is 0.952. The fourth-order valence-corrected chi connectivity index (χ4v) is 1.31. The molecule has 1 nitrogen and oxygen atoms in total. The number of pyridine rings is 1. The minimum Gasteiger partial charge on any atom is -0.256 e. The van der Waals surface area contributed by atoms with E-state index in [4.69, 9.17) is 0 Å². The summed E-state index contributed by atoms with van der Waals surface area (Å²) in [6.07, 6.45) is 3.58. The van der Waals surface area contributed by atoms with E-state index in [1.54, 1.807) is 12.3 Å². The summed E-state index contributed by atoms with van der Waals surface area (Å²) in [6.45, 7) is 3.72. The van der Waals surface area contributed by atoms with E-state index < -0.39 is 0 Å². The van der Waals surface area contributed by atoms with Gasteiger partial charge in [-0.2, -0.15) is 0 Å². The zero-order valence-corrected chi connectivity index (χ0v) is 6.70. The van der Waals surface area contributed by atoms with Gasteiger partial charge in [0.05, 0.1) is 5.69 Å². The van der Waals surface area contributed by atoms with Gasteiger partial charge in [-0.3, -0.25) is 4.98 Å². The van der Waals surface area contributed by atoms with Gasteiger partial charge in [0.15, 0.2) is 0 Å².